The van der Waals surface area contributed by atoms with Crippen molar-refractivity contribution >= 4 is 33.0 Å². The zero-order valence-corrected chi connectivity index (χ0v) is 11.5. The van der Waals surface area contributed by atoms with E-state index in [1.165, 1.54) is 0 Å². The van der Waals surface area contributed by atoms with Gasteiger partial charge in [0, 0.05) is 20.0 Å². The van der Waals surface area contributed by atoms with Gasteiger partial charge in [0.2, 0.25) is 0 Å². The lowest BCUT2D eigenvalue weighted by atomic mass is 10.2. The van der Waals surface area contributed by atoms with Gasteiger partial charge in [-0.05, 0) is 36.4 Å². The Hall–Kier alpha value is -1.71. The summed E-state index contributed by atoms with van der Waals surface area (Å²) in [6, 6.07) is 14.8. The third kappa shape index (κ3) is 2.67. The van der Waals surface area contributed by atoms with Crippen LogP contribution in [0.4, 0.5) is 0 Å². The number of hydrogen-bond acceptors (Lipinski definition) is 3. The molecule has 0 spiro atoms. The van der Waals surface area contributed by atoms with Crippen molar-refractivity contribution in [2.24, 2.45) is 0 Å². The second-order valence-corrected chi connectivity index (χ2v) is 5.75. The summed E-state index contributed by atoms with van der Waals surface area (Å²) in [4.78, 5) is 1.07. The normalized spacial score (nSPS) is 10.8. The van der Waals surface area contributed by atoms with E-state index in [4.69, 9.17) is 16.3 Å². The van der Waals surface area contributed by atoms with E-state index in [9.17, 15) is 5.11 Å². The van der Waals surface area contributed by atoms with E-state index >= 15 is 0 Å². The van der Waals surface area contributed by atoms with E-state index in [-0.39, 0.29) is 0 Å². The highest BCUT2D eigenvalue weighted by atomic mass is 35.5. The van der Waals surface area contributed by atoms with Gasteiger partial charge in [-0.2, -0.15) is 0 Å². The molecule has 3 aromatic rings. The van der Waals surface area contributed by atoms with Crippen LogP contribution in [0.1, 0.15) is 4.88 Å². The Kier molecular flexibility index (Phi) is 3.32. The average Bonchev–Trinajstić information content (AvgIpc) is 2.81. The molecule has 2 nitrogen and oxygen atoms in total. The van der Waals surface area contributed by atoms with Crippen molar-refractivity contribution in [2.45, 2.75) is 6.61 Å². The van der Waals surface area contributed by atoms with Crippen LogP contribution >= 0.6 is 22.9 Å². The molecule has 0 atom stereocenters. The predicted octanol–water partition coefficient (Wildman–Crippen LogP) is 4.84. The first-order valence-electron chi connectivity index (χ1n) is 5.81. The summed E-state index contributed by atoms with van der Waals surface area (Å²) in [6.07, 6.45) is 0. The van der Waals surface area contributed by atoms with Crippen LogP contribution < -0.4 is 4.74 Å². The summed E-state index contributed by atoms with van der Waals surface area (Å²) in [5.74, 6) is 1.05. The van der Waals surface area contributed by atoms with Crippen LogP contribution in [0.2, 0.25) is 5.02 Å². The predicted molar refractivity (Wildman–Crippen MR) is 79.3 cm³/mol. The minimum Gasteiger partial charge on any atom is -0.507 e. The zero-order valence-electron chi connectivity index (χ0n) is 9.97. The molecular weight excluding hydrogens is 280 g/mol. The Balaban J connectivity index is 1.80. The maximum Gasteiger partial charge on any atom is 0.124 e. The van der Waals surface area contributed by atoms with E-state index in [0.29, 0.717) is 17.4 Å². The zero-order chi connectivity index (χ0) is 13.2. The van der Waals surface area contributed by atoms with E-state index in [1.807, 2.05) is 36.4 Å². The number of thiophene rings is 1. The number of phenols is 1. The summed E-state index contributed by atoms with van der Waals surface area (Å²) in [5.41, 5.74) is 0. The highest BCUT2D eigenvalue weighted by Crippen LogP contribution is 2.32. The highest BCUT2D eigenvalue weighted by Gasteiger charge is 2.06. The molecule has 2 aromatic carbocycles. The Morgan fingerprint density at radius 2 is 1.95 bits per heavy atom. The Morgan fingerprint density at radius 1 is 1.11 bits per heavy atom. The number of fused-ring (bicyclic) bond motifs is 1. The fraction of sp³-hybridized carbons (Fsp3) is 0.0667. The third-order valence-electron chi connectivity index (χ3n) is 2.77. The summed E-state index contributed by atoms with van der Waals surface area (Å²) in [5, 5.41) is 11.3. The number of benzene rings is 2. The fourth-order valence-corrected chi connectivity index (χ4v) is 3.06. The lowest BCUT2D eigenvalue weighted by Crippen LogP contribution is -1.92. The van der Waals surface area contributed by atoms with Gasteiger partial charge in [-0.15, -0.1) is 11.3 Å². The third-order valence-corrected chi connectivity index (χ3v) is 4.08. The molecule has 0 saturated heterocycles. The highest BCUT2D eigenvalue weighted by molar-refractivity contribution is 7.19. The minimum atomic E-state index is 0.308. The van der Waals surface area contributed by atoms with E-state index in [2.05, 4.69) is 0 Å². The van der Waals surface area contributed by atoms with E-state index < -0.39 is 0 Å². The van der Waals surface area contributed by atoms with Crippen molar-refractivity contribution in [3.8, 4) is 11.5 Å². The first-order chi connectivity index (χ1) is 9.22. The number of halogens is 1. The van der Waals surface area contributed by atoms with Crippen LogP contribution in [0, 0.1) is 0 Å². The number of phenolic OH excluding ortho intramolecular Hbond substituents is 1. The van der Waals surface area contributed by atoms with Crippen LogP contribution in [0.3, 0.4) is 0 Å². The Labute approximate surface area is 119 Å². The van der Waals surface area contributed by atoms with Crippen LogP contribution in [0.15, 0.2) is 48.5 Å². The van der Waals surface area contributed by atoms with Crippen molar-refractivity contribution < 1.29 is 9.84 Å². The molecule has 4 heteroatoms. The SMILES string of the molecule is Oc1cccc2sc(COc3cccc(Cl)c3)cc12. The van der Waals surface area contributed by atoms with Crippen LogP contribution in [0.5, 0.6) is 11.5 Å². The minimum absolute atomic E-state index is 0.308. The quantitative estimate of drug-likeness (QED) is 0.748. The largest absolute Gasteiger partial charge is 0.507 e. The van der Waals surface area contributed by atoms with E-state index in [1.54, 1.807) is 23.5 Å². The van der Waals surface area contributed by atoms with Crippen molar-refractivity contribution in [1.82, 2.24) is 0 Å². The van der Waals surface area contributed by atoms with Gasteiger partial charge in [0.25, 0.3) is 0 Å². The van der Waals surface area contributed by atoms with Gasteiger partial charge in [0.15, 0.2) is 0 Å². The van der Waals surface area contributed by atoms with Gasteiger partial charge in [-0.25, -0.2) is 0 Å². The summed E-state index contributed by atoms with van der Waals surface area (Å²) in [7, 11) is 0. The lowest BCUT2D eigenvalue weighted by Gasteiger charge is -2.04. The van der Waals surface area contributed by atoms with Gasteiger partial charge in [-0.3, -0.25) is 0 Å². The van der Waals surface area contributed by atoms with Crippen molar-refractivity contribution in [2.75, 3.05) is 0 Å². The molecule has 0 fully saturated rings. The van der Waals surface area contributed by atoms with Crippen LogP contribution in [0.25, 0.3) is 10.1 Å². The summed E-state index contributed by atoms with van der Waals surface area (Å²) >= 11 is 7.52. The molecule has 3 rings (SSSR count). The maximum atomic E-state index is 9.75. The smallest absolute Gasteiger partial charge is 0.124 e. The lowest BCUT2D eigenvalue weighted by molar-refractivity contribution is 0.310. The molecule has 96 valence electrons. The Bertz CT molecular complexity index is 721. The molecule has 0 bridgehead atoms. The number of hydrogen-bond donors (Lipinski definition) is 1. The number of ether oxygens (including phenoxy) is 1. The average molecular weight is 291 g/mol. The van der Waals surface area contributed by atoms with Crippen molar-refractivity contribution in [1.29, 1.82) is 0 Å². The second-order valence-electron chi connectivity index (χ2n) is 4.15. The molecule has 1 N–H and O–H groups in total. The van der Waals surface area contributed by atoms with Gasteiger partial charge >= 0.3 is 0 Å². The molecule has 1 heterocycles. The summed E-state index contributed by atoms with van der Waals surface area (Å²) < 4.78 is 6.75. The first kappa shape index (κ1) is 12.3. The molecule has 0 amide bonds. The summed E-state index contributed by atoms with van der Waals surface area (Å²) in [6.45, 7) is 0.471. The van der Waals surface area contributed by atoms with Crippen LogP contribution in [-0.4, -0.2) is 5.11 Å². The topological polar surface area (TPSA) is 29.5 Å². The fourth-order valence-electron chi connectivity index (χ4n) is 1.88. The molecule has 0 radical (unpaired) electrons. The van der Waals surface area contributed by atoms with Gasteiger partial charge < -0.3 is 9.84 Å². The Morgan fingerprint density at radius 3 is 2.74 bits per heavy atom. The molecule has 0 aliphatic carbocycles. The maximum absolute atomic E-state index is 9.75. The molecule has 0 saturated carbocycles. The molecular formula is C15H11ClO2S. The van der Waals surface area contributed by atoms with Gasteiger partial charge in [0.05, 0.1) is 0 Å². The number of aromatic hydroxyl groups is 1. The molecule has 0 aliphatic rings. The molecule has 19 heavy (non-hydrogen) atoms. The van der Waals surface area contributed by atoms with Crippen LogP contribution in [-0.2, 0) is 6.61 Å². The standard InChI is InChI=1S/C15H11ClO2S/c16-10-3-1-4-11(7-10)18-9-12-8-13-14(17)5-2-6-15(13)19-12/h1-8,17H,9H2. The van der Waals surface area contributed by atoms with E-state index in [0.717, 1.165) is 20.7 Å². The van der Waals surface area contributed by atoms with Gasteiger partial charge in [0.1, 0.15) is 18.1 Å². The molecule has 0 unspecified atom stereocenters. The van der Waals surface area contributed by atoms with Gasteiger partial charge in [-0.1, -0.05) is 23.7 Å². The van der Waals surface area contributed by atoms with Crippen molar-refractivity contribution in [3.63, 3.8) is 0 Å². The van der Waals surface area contributed by atoms with Crippen molar-refractivity contribution in [3.05, 3.63) is 58.4 Å². The number of rotatable bonds is 3. The molecule has 0 aliphatic heterocycles. The molecule has 1 aromatic heterocycles. The monoisotopic (exact) mass is 290 g/mol. The first-order valence-corrected chi connectivity index (χ1v) is 7.00. The second kappa shape index (κ2) is 5.11.